The van der Waals surface area contributed by atoms with E-state index in [9.17, 15) is 9.90 Å². The largest absolute Gasteiger partial charge is 0.395 e. The first-order chi connectivity index (χ1) is 12.8. The van der Waals surface area contributed by atoms with Gasteiger partial charge >= 0.3 is 0 Å². The molecular weight excluding hydrogens is 322 g/mol. The van der Waals surface area contributed by atoms with Gasteiger partial charge in [-0.15, -0.1) is 0 Å². The third-order valence-corrected chi connectivity index (χ3v) is 4.41. The highest BCUT2D eigenvalue weighted by atomic mass is 16.3. The van der Waals surface area contributed by atoms with Gasteiger partial charge < -0.3 is 10.0 Å². The standard InChI is InChI=1S/C23H23NO2/c25-18-17-24(16-15-19-7-3-1-4-8-19)23(26)22-13-11-21(12-14-22)20-9-5-2-6-10-20/h1-14,25H,15-18H2. The second kappa shape index (κ2) is 8.97. The first kappa shape index (κ1) is 17.9. The number of amides is 1. The van der Waals surface area contributed by atoms with E-state index < -0.39 is 0 Å². The van der Waals surface area contributed by atoms with Gasteiger partial charge in [0.15, 0.2) is 0 Å². The quantitative estimate of drug-likeness (QED) is 0.702. The third-order valence-electron chi connectivity index (χ3n) is 4.41. The van der Waals surface area contributed by atoms with Crippen LogP contribution in [0.4, 0.5) is 0 Å². The second-order valence-corrected chi connectivity index (χ2v) is 6.19. The van der Waals surface area contributed by atoms with Gasteiger partial charge in [-0.05, 0) is 35.2 Å². The molecule has 0 aromatic heterocycles. The Morgan fingerprint density at radius 2 is 1.31 bits per heavy atom. The van der Waals surface area contributed by atoms with Gasteiger partial charge in [0.2, 0.25) is 0 Å². The normalized spacial score (nSPS) is 10.5. The van der Waals surface area contributed by atoms with Crippen LogP contribution in [0.3, 0.4) is 0 Å². The van der Waals surface area contributed by atoms with Crippen molar-refractivity contribution in [2.24, 2.45) is 0 Å². The molecule has 3 rings (SSSR count). The minimum Gasteiger partial charge on any atom is -0.395 e. The molecule has 3 heteroatoms. The van der Waals surface area contributed by atoms with Crippen LogP contribution in [0.25, 0.3) is 11.1 Å². The molecule has 0 saturated carbocycles. The lowest BCUT2D eigenvalue weighted by atomic mass is 10.0. The molecule has 0 atom stereocenters. The molecule has 3 aromatic rings. The summed E-state index contributed by atoms with van der Waals surface area (Å²) in [6.45, 7) is 0.887. The van der Waals surface area contributed by atoms with Crippen LogP contribution in [-0.2, 0) is 6.42 Å². The van der Waals surface area contributed by atoms with Crippen LogP contribution in [0.5, 0.6) is 0 Å². The van der Waals surface area contributed by atoms with Crippen molar-refractivity contribution in [3.05, 3.63) is 96.1 Å². The number of aliphatic hydroxyl groups is 1. The lowest BCUT2D eigenvalue weighted by molar-refractivity contribution is 0.0724. The van der Waals surface area contributed by atoms with E-state index in [1.807, 2.05) is 60.7 Å². The zero-order chi connectivity index (χ0) is 18.2. The lowest BCUT2D eigenvalue weighted by Gasteiger charge is -2.22. The average molecular weight is 345 g/mol. The van der Waals surface area contributed by atoms with E-state index in [-0.39, 0.29) is 12.5 Å². The molecule has 0 aliphatic carbocycles. The number of hydrogen-bond donors (Lipinski definition) is 1. The summed E-state index contributed by atoms with van der Waals surface area (Å²) in [5.41, 5.74) is 4.04. The van der Waals surface area contributed by atoms with Crippen molar-refractivity contribution in [1.29, 1.82) is 0 Å². The molecule has 0 radical (unpaired) electrons. The maximum absolute atomic E-state index is 12.8. The molecule has 3 aromatic carbocycles. The maximum atomic E-state index is 12.8. The molecule has 0 aliphatic rings. The molecular formula is C23H23NO2. The number of carbonyl (C=O) groups excluding carboxylic acids is 1. The van der Waals surface area contributed by atoms with Crippen LogP contribution in [0.15, 0.2) is 84.9 Å². The molecule has 0 saturated heterocycles. The predicted octanol–water partition coefficient (Wildman–Crippen LogP) is 4.03. The van der Waals surface area contributed by atoms with Crippen LogP contribution in [0, 0.1) is 0 Å². The molecule has 0 spiro atoms. The van der Waals surface area contributed by atoms with Crippen molar-refractivity contribution in [2.75, 3.05) is 19.7 Å². The molecule has 0 unspecified atom stereocenters. The van der Waals surface area contributed by atoms with Gasteiger partial charge in [0.1, 0.15) is 0 Å². The molecule has 0 aliphatic heterocycles. The predicted molar refractivity (Wildman–Crippen MR) is 105 cm³/mol. The summed E-state index contributed by atoms with van der Waals surface area (Å²) in [5, 5.41) is 9.33. The fraction of sp³-hybridized carbons (Fsp3) is 0.174. The second-order valence-electron chi connectivity index (χ2n) is 6.19. The summed E-state index contributed by atoms with van der Waals surface area (Å²) in [5.74, 6) is -0.0467. The lowest BCUT2D eigenvalue weighted by Crippen LogP contribution is -2.35. The Morgan fingerprint density at radius 3 is 1.92 bits per heavy atom. The highest BCUT2D eigenvalue weighted by Crippen LogP contribution is 2.20. The SMILES string of the molecule is O=C(c1ccc(-c2ccccc2)cc1)N(CCO)CCc1ccccc1. The summed E-state index contributed by atoms with van der Waals surface area (Å²) in [4.78, 5) is 14.5. The molecule has 26 heavy (non-hydrogen) atoms. The van der Waals surface area contributed by atoms with Crippen molar-refractivity contribution < 1.29 is 9.90 Å². The first-order valence-electron chi connectivity index (χ1n) is 8.87. The number of benzene rings is 3. The summed E-state index contributed by atoms with van der Waals surface area (Å²) in [6.07, 6.45) is 0.772. The van der Waals surface area contributed by atoms with Crippen LogP contribution >= 0.6 is 0 Å². The highest BCUT2D eigenvalue weighted by molar-refractivity contribution is 5.94. The number of nitrogens with zero attached hydrogens (tertiary/aromatic N) is 1. The van der Waals surface area contributed by atoms with E-state index in [0.717, 1.165) is 17.5 Å². The molecule has 0 bridgehead atoms. The summed E-state index contributed by atoms with van der Waals surface area (Å²) in [6, 6.07) is 27.8. The number of hydrogen-bond acceptors (Lipinski definition) is 2. The van der Waals surface area contributed by atoms with E-state index in [2.05, 4.69) is 24.3 Å². The summed E-state index contributed by atoms with van der Waals surface area (Å²) < 4.78 is 0. The van der Waals surface area contributed by atoms with Gasteiger partial charge in [-0.2, -0.15) is 0 Å². The zero-order valence-electron chi connectivity index (χ0n) is 14.7. The van der Waals surface area contributed by atoms with Crippen LogP contribution < -0.4 is 0 Å². The van der Waals surface area contributed by atoms with Gasteiger partial charge in [-0.3, -0.25) is 4.79 Å². The van der Waals surface area contributed by atoms with E-state index in [0.29, 0.717) is 18.7 Å². The average Bonchev–Trinajstić information content (AvgIpc) is 2.72. The minimum absolute atomic E-state index is 0.0391. The van der Waals surface area contributed by atoms with E-state index in [1.165, 1.54) is 5.56 Å². The van der Waals surface area contributed by atoms with Crippen LogP contribution in [0.2, 0.25) is 0 Å². The molecule has 1 N–H and O–H groups in total. The highest BCUT2D eigenvalue weighted by Gasteiger charge is 2.15. The minimum atomic E-state index is -0.0467. The van der Waals surface area contributed by atoms with Crippen molar-refractivity contribution in [3.63, 3.8) is 0 Å². The smallest absolute Gasteiger partial charge is 0.253 e. The van der Waals surface area contributed by atoms with Crippen LogP contribution in [-0.4, -0.2) is 35.6 Å². The Hall–Kier alpha value is -2.91. The zero-order valence-corrected chi connectivity index (χ0v) is 14.7. The van der Waals surface area contributed by atoms with Gasteiger partial charge in [-0.25, -0.2) is 0 Å². The topological polar surface area (TPSA) is 40.5 Å². The molecule has 3 nitrogen and oxygen atoms in total. The van der Waals surface area contributed by atoms with Crippen LogP contribution in [0.1, 0.15) is 15.9 Å². The third kappa shape index (κ3) is 4.58. The van der Waals surface area contributed by atoms with Crippen molar-refractivity contribution in [1.82, 2.24) is 4.90 Å². The number of rotatable bonds is 7. The van der Waals surface area contributed by atoms with Crippen molar-refractivity contribution in [2.45, 2.75) is 6.42 Å². The number of aliphatic hydroxyl groups excluding tert-OH is 1. The fourth-order valence-electron chi connectivity index (χ4n) is 2.96. The maximum Gasteiger partial charge on any atom is 0.253 e. The summed E-state index contributed by atoms with van der Waals surface area (Å²) in [7, 11) is 0. The van der Waals surface area contributed by atoms with E-state index in [1.54, 1.807) is 4.90 Å². The van der Waals surface area contributed by atoms with Crippen molar-refractivity contribution >= 4 is 5.91 Å². The van der Waals surface area contributed by atoms with Gasteiger partial charge in [-0.1, -0.05) is 72.8 Å². The Morgan fingerprint density at radius 1 is 0.731 bits per heavy atom. The molecule has 0 heterocycles. The Kier molecular flexibility index (Phi) is 6.18. The van der Waals surface area contributed by atoms with Gasteiger partial charge in [0.25, 0.3) is 5.91 Å². The van der Waals surface area contributed by atoms with E-state index >= 15 is 0 Å². The Bertz CT molecular complexity index is 814. The number of carbonyl (C=O) groups is 1. The van der Waals surface area contributed by atoms with E-state index in [4.69, 9.17) is 0 Å². The monoisotopic (exact) mass is 345 g/mol. The molecule has 1 amide bonds. The Balaban J connectivity index is 1.70. The van der Waals surface area contributed by atoms with Crippen molar-refractivity contribution in [3.8, 4) is 11.1 Å². The van der Waals surface area contributed by atoms with Gasteiger partial charge in [0.05, 0.1) is 6.61 Å². The fourth-order valence-corrected chi connectivity index (χ4v) is 2.96. The summed E-state index contributed by atoms with van der Waals surface area (Å²) >= 11 is 0. The van der Waals surface area contributed by atoms with Gasteiger partial charge in [0, 0.05) is 18.7 Å². The molecule has 0 fully saturated rings. The molecule has 132 valence electrons. The Labute approximate surface area is 154 Å². The first-order valence-corrected chi connectivity index (χ1v) is 8.87.